The molecule has 0 saturated heterocycles. The second-order valence-corrected chi connectivity index (χ2v) is 5.69. The number of alkyl halides is 3. The van der Waals surface area contributed by atoms with Gasteiger partial charge in [-0.05, 0) is 44.2 Å². The monoisotopic (exact) mass is 300 g/mol. The summed E-state index contributed by atoms with van der Waals surface area (Å²) in [5, 5.41) is 0. The van der Waals surface area contributed by atoms with Crippen molar-refractivity contribution in [3.63, 3.8) is 0 Å². The second-order valence-electron chi connectivity index (χ2n) is 4.23. The number of rotatable bonds is 3. The molecule has 0 saturated carbocycles. The summed E-state index contributed by atoms with van der Waals surface area (Å²) in [6.45, 7) is 3.74. The van der Waals surface area contributed by atoms with E-state index >= 15 is 0 Å². The molecule has 0 fully saturated rings. The summed E-state index contributed by atoms with van der Waals surface area (Å²) in [5.74, 6) is -0.544. The Morgan fingerprint density at radius 1 is 1.15 bits per heavy atom. The van der Waals surface area contributed by atoms with Crippen LogP contribution in [0.1, 0.15) is 25.7 Å². The van der Waals surface area contributed by atoms with E-state index in [0.29, 0.717) is 11.1 Å². The van der Waals surface area contributed by atoms with Crippen LogP contribution < -0.4 is 4.74 Å². The summed E-state index contributed by atoms with van der Waals surface area (Å²) in [6.07, 6.45) is -4.73. The third-order valence-corrected chi connectivity index (χ3v) is 3.60. The highest BCUT2D eigenvalue weighted by Crippen LogP contribution is 2.26. The number of benzene rings is 1. The zero-order valence-electron chi connectivity index (χ0n) is 10.7. The van der Waals surface area contributed by atoms with Gasteiger partial charge in [0.2, 0.25) is 0 Å². The molecule has 2 rings (SSSR count). The van der Waals surface area contributed by atoms with E-state index in [1.54, 1.807) is 6.07 Å². The van der Waals surface area contributed by atoms with Gasteiger partial charge in [0.1, 0.15) is 5.75 Å². The minimum absolute atomic E-state index is 0.203. The van der Waals surface area contributed by atoms with Crippen LogP contribution in [-0.2, 0) is 0 Å². The number of ether oxygens (including phenoxy) is 1. The predicted molar refractivity (Wildman–Crippen MR) is 70.4 cm³/mol. The summed E-state index contributed by atoms with van der Waals surface area (Å²) >= 11 is 1.51. The molecule has 1 aromatic heterocycles. The molecule has 0 bridgehead atoms. The highest BCUT2D eigenvalue weighted by atomic mass is 32.1. The average molecular weight is 300 g/mol. The molecule has 0 spiro atoms. The Balaban J connectivity index is 2.22. The fraction of sp³-hybridized carbons (Fsp3) is 0.214. The molecule has 0 unspecified atom stereocenters. The molecular weight excluding hydrogens is 289 g/mol. The fourth-order valence-electron chi connectivity index (χ4n) is 1.82. The van der Waals surface area contributed by atoms with E-state index in [-0.39, 0.29) is 11.5 Å². The molecule has 1 heterocycles. The van der Waals surface area contributed by atoms with Crippen LogP contribution in [0.25, 0.3) is 0 Å². The van der Waals surface area contributed by atoms with E-state index in [1.165, 1.54) is 23.5 Å². The number of carbonyl (C=O) groups is 1. The molecule has 2 aromatic rings. The first-order chi connectivity index (χ1) is 9.26. The highest BCUT2D eigenvalue weighted by Gasteiger charge is 2.31. The third kappa shape index (κ3) is 3.39. The molecule has 0 aliphatic heterocycles. The fourth-order valence-corrected chi connectivity index (χ4v) is 2.74. The number of halogens is 3. The number of ketones is 1. The minimum Gasteiger partial charge on any atom is -0.406 e. The van der Waals surface area contributed by atoms with E-state index in [4.69, 9.17) is 0 Å². The number of carbonyl (C=O) groups excluding carboxylic acids is 1. The molecule has 0 aliphatic carbocycles. The largest absolute Gasteiger partial charge is 0.573 e. The lowest BCUT2D eigenvalue weighted by atomic mass is 10.0. The van der Waals surface area contributed by atoms with Gasteiger partial charge in [-0.3, -0.25) is 4.79 Å². The van der Waals surface area contributed by atoms with E-state index in [1.807, 2.05) is 13.8 Å². The third-order valence-electron chi connectivity index (χ3n) is 2.64. The second kappa shape index (κ2) is 5.28. The van der Waals surface area contributed by atoms with E-state index in [0.717, 1.165) is 21.9 Å². The summed E-state index contributed by atoms with van der Waals surface area (Å²) in [7, 11) is 0. The summed E-state index contributed by atoms with van der Waals surface area (Å²) in [4.78, 5) is 14.1. The van der Waals surface area contributed by atoms with Crippen molar-refractivity contribution in [1.82, 2.24) is 0 Å². The first-order valence-corrected chi connectivity index (χ1v) is 6.55. The molecule has 1 aromatic carbocycles. The Labute approximate surface area is 117 Å². The summed E-state index contributed by atoms with van der Waals surface area (Å²) < 4.78 is 39.9. The Hall–Kier alpha value is -1.82. The van der Waals surface area contributed by atoms with Gasteiger partial charge in [0.25, 0.3) is 0 Å². The Bertz CT molecular complexity index is 627. The van der Waals surface area contributed by atoms with Gasteiger partial charge in [0.15, 0.2) is 5.78 Å². The Morgan fingerprint density at radius 3 is 2.20 bits per heavy atom. The summed E-state index contributed by atoms with van der Waals surface area (Å²) in [5.41, 5.74) is 0.914. The zero-order chi connectivity index (χ0) is 14.9. The quantitative estimate of drug-likeness (QED) is 0.780. The van der Waals surface area contributed by atoms with Gasteiger partial charge < -0.3 is 4.74 Å². The van der Waals surface area contributed by atoms with Crippen molar-refractivity contribution in [2.75, 3.05) is 0 Å². The molecule has 0 radical (unpaired) electrons. The normalized spacial score (nSPS) is 11.4. The maximum Gasteiger partial charge on any atom is 0.573 e. The van der Waals surface area contributed by atoms with Gasteiger partial charge in [-0.1, -0.05) is 0 Å². The SMILES string of the molecule is Cc1cc(C(=O)c2ccc(OC(F)(F)F)cc2)c(C)s1. The highest BCUT2D eigenvalue weighted by molar-refractivity contribution is 7.12. The standard InChI is InChI=1S/C14H11F3O2S/c1-8-7-12(9(2)20-8)13(18)10-3-5-11(6-4-10)19-14(15,16)17/h3-7H,1-2H3. The maximum atomic E-state index is 12.2. The lowest BCUT2D eigenvalue weighted by Crippen LogP contribution is -2.17. The number of aryl methyl sites for hydroxylation is 2. The molecular formula is C14H11F3O2S. The van der Waals surface area contributed by atoms with Crippen molar-refractivity contribution < 1.29 is 22.7 Å². The van der Waals surface area contributed by atoms with Crippen molar-refractivity contribution in [1.29, 1.82) is 0 Å². The van der Waals surface area contributed by atoms with Crippen LogP contribution in [0.3, 0.4) is 0 Å². The lowest BCUT2D eigenvalue weighted by molar-refractivity contribution is -0.274. The average Bonchev–Trinajstić information content (AvgIpc) is 2.66. The van der Waals surface area contributed by atoms with Gasteiger partial charge in [-0.25, -0.2) is 0 Å². The first kappa shape index (κ1) is 14.6. The predicted octanol–water partition coefficient (Wildman–Crippen LogP) is 4.49. The Morgan fingerprint density at radius 2 is 1.75 bits per heavy atom. The number of hydrogen-bond acceptors (Lipinski definition) is 3. The topological polar surface area (TPSA) is 26.3 Å². The molecule has 0 N–H and O–H groups in total. The molecule has 6 heteroatoms. The van der Waals surface area contributed by atoms with Crippen LogP contribution >= 0.6 is 11.3 Å². The molecule has 20 heavy (non-hydrogen) atoms. The van der Waals surface area contributed by atoms with Gasteiger partial charge >= 0.3 is 6.36 Å². The molecule has 0 amide bonds. The van der Waals surface area contributed by atoms with Crippen molar-refractivity contribution >= 4 is 17.1 Å². The molecule has 0 aliphatic rings. The van der Waals surface area contributed by atoms with Crippen molar-refractivity contribution in [3.8, 4) is 5.75 Å². The number of hydrogen-bond donors (Lipinski definition) is 0. The smallest absolute Gasteiger partial charge is 0.406 e. The summed E-state index contributed by atoms with van der Waals surface area (Å²) in [6, 6.07) is 6.71. The van der Waals surface area contributed by atoms with Crippen molar-refractivity contribution in [2.45, 2.75) is 20.2 Å². The Kier molecular flexibility index (Phi) is 3.85. The van der Waals surface area contributed by atoms with Crippen LogP contribution in [-0.4, -0.2) is 12.1 Å². The number of thiophene rings is 1. The first-order valence-electron chi connectivity index (χ1n) is 5.74. The minimum atomic E-state index is -4.73. The van der Waals surface area contributed by atoms with Crippen molar-refractivity contribution in [3.05, 3.63) is 51.2 Å². The molecule has 106 valence electrons. The molecule has 0 atom stereocenters. The van der Waals surface area contributed by atoms with E-state index in [9.17, 15) is 18.0 Å². The van der Waals surface area contributed by atoms with Gasteiger partial charge in [-0.15, -0.1) is 24.5 Å². The van der Waals surface area contributed by atoms with Gasteiger partial charge in [0.05, 0.1) is 0 Å². The van der Waals surface area contributed by atoms with Crippen LogP contribution in [0.5, 0.6) is 5.75 Å². The maximum absolute atomic E-state index is 12.2. The van der Waals surface area contributed by atoms with Crippen molar-refractivity contribution in [2.24, 2.45) is 0 Å². The van der Waals surface area contributed by atoms with Crippen LogP contribution in [0, 0.1) is 13.8 Å². The van der Waals surface area contributed by atoms with Crippen LogP contribution in [0.2, 0.25) is 0 Å². The zero-order valence-corrected chi connectivity index (χ0v) is 11.6. The molecule has 2 nitrogen and oxygen atoms in total. The van der Waals surface area contributed by atoms with Crippen LogP contribution in [0.4, 0.5) is 13.2 Å². The van der Waals surface area contributed by atoms with Gasteiger partial charge in [0, 0.05) is 20.9 Å². The van der Waals surface area contributed by atoms with Gasteiger partial charge in [-0.2, -0.15) is 0 Å². The lowest BCUT2D eigenvalue weighted by Gasteiger charge is -2.09. The van der Waals surface area contributed by atoms with Crippen LogP contribution in [0.15, 0.2) is 30.3 Å². The van der Waals surface area contributed by atoms with E-state index < -0.39 is 6.36 Å². The van der Waals surface area contributed by atoms with E-state index in [2.05, 4.69) is 4.74 Å².